The minimum absolute atomic E-state index is 0.172. The number of nitrogens with zero attached hydrogens (tertiary/aromatic N) is 4. The summed E-state index contributed by atoms with van der Waals surface area (Å²) >= 11 is 0. The number of fused-ring (bicyclic) bond motifs is 1. The number of anilines is 1. The first-order chi connectivity index (χ1) is 18.0. The first kappa shape index (κ1) is 26.4. The van der Waals surface area contributed by atoms with Gasteiger partial charge in [0.15, 0.2) is 5.82 Å². The van der Waals surface area contributed by atoms with Crippen LogP contribution in [0.25, 0.3) is 0 Å². The van der Waals surface area contributed by atoms with Gasteiger partial charge in [-0.2, -0.15) is 0 Å². The summed E-state index contributed by atoms with van der Waals surface area (Å²) in [5.41, 5.74) is 10.6. The molecule has 37 heavy (non-hydrogen) atoms. The molecule has 1 aliphatic heterocycles. The maximum Gasteiger partial charge on any atom is 0.152 e. The minimum Gasteiger partial charge on any atom is -0.494 e. The average Bonchev–Trinajstić information content (AvgIpc) is 3.43. The molecule has 0 radical (unpaired) electrons. The summed E-state index contributed by atoms with van der Waals surface area (Å²) in [7, 11) is 4.18. The minimum atomic E-state index is -0.520. The van der Waals surface area contributed by atoms with Gasteiger partial charge in [0.05, 0.1) is 12.1 Å². The van der Waals surface area contributed by atoms with E-state index >= 15 is 0 Å². The summed E-state index contributed by atoms with van der Waals surface area (Å²) < 4.78 is 5.90. The molecule has 2 aromatic rings. The van der Waals surface area contributed by atoms with E-state index in [1.54, 1.807) is 0 Å². The van der Waals surface area contributed by atoms with E-state index < -0.39 is 5.54 Å². The maximum atomic E-state index is 7.20. The summed E-state index contributed by atoms with van der Waals surface area (Å²) in [4.78, 5) is 15.1. The molecule has 7 nitrogen and oxygen atoms in total. The van der Waals surface area contributed by atoms with Crippen LogP contribution in [0.4, 0.5) is 5.82 Å². The summed E-state index contributed by atoms with van der Waals surface area (Å²) in [6, 6.07) is 8.64. The Kier molecular flexibility index (Phi) is 8.63. The van der Waals surface area contributed by atoms with Gasteiger partial charge in [0.25, 0.3) is 0 Å². The molecule has 1 saturated heterocycles. The van der Waals surface area contributed by atoms with Crippen molar-refractivity contribution in [2.75, 3.05) is 45.2 Å². The fourth-order valence-corrected chi connectivity index (χ4v) is 6.26. The lowest BCUT2D eigenvalue weighted by Gasteiger charge is -2.33. The summed E-state index contributed by atoms with van der Waals surface area (Å²) in [5.74, 6) is 2.99. The van der Waals surface area contributed by atoms with Gasteiger partial charge in [0.2, 0.25) is 0 Å². The van der Waals surface area contributed by atoms with Crippen molar-refractivity contribution in [3.8, 4) is 5.75 Å². The molecular weight excluding hydrogens is 460 g/mol. The third kappa shape index (κ3) is 6.27. The van der Waals surface area contributed by atoms with Gasteiger partial charge in [-0.3, -0.25) is 0 Å². The quantitative estimate of drug-likeness (QED) is 0.468. The zero-order chi connectivity index (χ0) is 25.7. The van der Waals surface area contributed by atoms with Gasteiger partial charge < -0.3 is 25.6 Å². The first-order valence-electron chi connectivity index (χ1n) is 14.6. The lowest BCUT2D eigenvalue weighted by molar-refractivity contribution is 0.281. The number of hydrogen-bond donors (Lipinski definition) is 2. The van der Waals surface area contributed by atoms with E-state index in [0.717, 1.165) is 82.9 Å². The van der Waals surface area contributed by atoms with Gasteiger partial charge in [-0.25, -0.2) is 9.97 Å². The van der Waals surface area contributed by atoms with Crippen molar-refractivity contribution in [3.63, 3.8) is 0 Å². The smallest absolute Gasteiger partial charge is 0.152 e. The Morgan fingerprint density at radius 2 is 1.81 bits per heavy atom. The van der Waals surface area contributed by atoms with Crippen LogP contribution in [-0.4, -0.2) is 61.2 Å². The van der Waals surface area contributed by atoms with Crippen LogP contribution in [0.5, 0.6) is 5.75 Å². The van der Waals surface area contributed by atoms with Crippen molar-refractivity contribution in [1.29, 1.82) is 0 Å². The van der Waals surface area contributed by atoms with Crippen molar-refractivity contribution in [1.82, 2.24) is 20.2 Å². The topological polar surface area (TPSA) is 79.5 Å². The van der Waals surface area contributed by atoms with Crippen LogP contribution in [0.3, 0.4) is 0 Å². The van der Waals surface area contributed by atoms with Crippen molar-refractivity contribution in [3.05, 3.63) is 46.9 Å². The van der Waals surface area contributed by atoms with Crippen molar-refractivity contribution >= 4 is 5.82 Å². The molecule has 1 saturated carbocycles. The molecule has 7 heteroatoms. The molecule has 5 rings (SSSR count). The highest BCUT2D eigenvalue weighted by molar-refractivity contribution is 5.52. The lowest BCUT2D eigenvalue weighted by Crippen LogP contribution is -2.52. The average molecular weight is 507 g/mol. The SMILES string of the molecule is CN(C)CCCOc1ccc(CNC2CCCC2(N)c2nc3c(c(N4CCCCCC4)n2)CCC3)cc1. The third-order valence-corrected chi connectivity index (χ3v) is 8.43. The van der Waals surface area contributed by atoms with Gasteiger partial charge in [0, 0.05) is 43.5 Å². The van der Waals surface area contributed by atoms with Crippen LogP contribution in [0.1, 0.15) is 80.4 Å². The summed E-state index contributed by atoms with van der Waals surface area (Å²) in [6.45, 7) is 4.79. The van der Waals surface area contributed by atoms with Gasteiger partial charge in [0.1, 0.15) is 11.6 Å². The maximum absolute atomic E-state index is 7.20. The number of rotatable bonds is 10. The van der Waals surface area contributed by atoms with Gasteiger partial charge in [-0.05, 0) is 89.6 Å². The fraction of sp³-hybridized carbons (Fsp3) is 0.667. The van der Waals surface area contributed by atoms with Crippen LogP contribution in [0, 0.1) is 0 Å². The largest absolute Gasteiger partial charge is 0.494 e. The monoisotopic (exact) mass is 506 g/mol. The molecule has 202 valence electrons. The number of aryl methyl sites for hydroxylation is 1. The number of benzene rings is 1. The summed E-state index contributed by atoms with van der Waals surface area (Å²) in [6.07, 6.45) is 12.6. The van der Waals surface area contributed by atoms with Crippen molar-refractivity contribution in [2.24, 2.45) is 5.73 Å². The van der Waals surface area contributed by atoms with E-state index in [4.69, 9.17) is 20.4 Å². The highest BCUT2D eigenvalue weighted by Crippen LogP contribution is 2.39. The Balaban J connectivity index is 1.26. The van der Waals surface area contributed by atoms with Crippen LogP contribution in [-0.2, 0) is 24.9 Å². The molecule has 2 unspecified atom stereocenters. The molecule has 3 aliphatic rings. The lowest BCUT2D eigenvalue weighted by atomic mass is 9.92. The second-order valence-corrected chi connectivity index (χ2v) is 11.6. The molecule has 1 aromatic heterocycles. The van der Waals surface area contributed by atoms with Crippen molar-refractivity contribution in [2.45, 2.75) is 88.8 Å². The van der Waals surface area contributed by atoms with E-state index in [-0.39, 0.29) is 6.04 Å². The van der Waals surface area contributed by atoms with Crippen LogP contribution < -0.4 is 20.7 Å². The summed E-state index contributed by atoms with van der Waals surface area (Å²) in [5, 5.41) is 3.78. The van der Waals surface area contributed by atoms with Crippen LogP contribution in [0.15, 0.2) is 24.3 Å². The Bertz CT molecular complexity index is 1020. The number of ether oxygens (including phenoxy) is 1. The molecule has 2 heterocycles. The standard InChI is InChI=1S/C30H46N6O/c1-35(2)18-9-21-37-24-15-13-23(14-16-24)22-32-27-12-8-17-30(27,31)29-33-26-11-7-10-25(26)28(34-29)36-19-5-3-4-6-20-36/h13-16,27,32H,3-12,17-22,31H2,1-2H3. The van der Waals surface area contributed by atoms with Crippen LogP contribution in [0.2, 0.25) is 0 Å². The van der Waals surface area contributed by atoms with Crippen LogP contribution >= 0.6 is 0 Å². The first-order valence-corrected chi connectivity index (χ1v) is 14.6. The molecule has 1 aromatic carbocycles. The van der Waals surface area contributed by atoms with E-state index in [1.807, 2.05) is 0 Å². The number of aromatic nitrogens is 2. The molecule has 0 amide bonds. The zero-order valence-corrected chi connectivity index (χ0v) is 23.0. The van der Waals surface area contributed by atoms with Crippen molar-refractivity contribution < 1.29 is 4.74 Å². The molecule has 3 N–H and O–H groups in total. The molecular formula is C30H46N6O. The third-order valence-electron chi connectivity index (χ3n) is 8.43. The number of nitrogens with one attached hydrogen (secondary N) is 1. The fourth-order valence-electron chi connectivity index (χ4n) is 6.26. The Morgan fingerprint density at radius 3 is 2.57 bits per heavy atom. The number of nitrogens with two attached hydrogens (primary N) is 1. The van der Waals surface area contributed by atoms with E-state index in [0.29, 0.717) is 0 Å². The Hall–Kier alpha value is -2.22. The molecule has 2 atom stereocenters. The number of hydrogen-bond acceptors (Lipinski definition) is 7. The van der Waals surface area contributed by atoms with E-state index in [9.17, 15) is 0 Å². The normalized spacial score (nSPS) is 23.9. The Labute approximate surface area is 223 Å². The zero-order valence-electron chi connectivity index (χ0n) is 23.0. The predicted molar refractivity (Wildman–Crippen MR) is 150 cm³/mol. The van der Waals surface area contributed by atoms with Gasteiger partial charge >= 0.3 is 0 Å². The highest BCUT2D eigenvalue weighted by atomic mass is 16.5. The van der Waals surface area contributed by atoms with Gasteiger partial charge in [-0.1, -0.05) is 25.0 Å². The van der Waals surface area contributed by atoms with Gasteiger partial charge in [-0.15, -0.1) is 0 Å². The van der Waals surface area contributed by atoms with E-state index in [1.165, 1.54) is 54.7 Å². The molecule has 0 spiro atoms. The highest BCUT2D eigenvalue weighted by Gasteiger charge is 2.44. The second kappa shape index (κ2) is 12.1. The molecule has 0 bridgehead atoms. The Morgan fingerprint density at radius 1 is 1.03 bits per heavy atom. The predicted octanol–water partition coefficient (Wildman–Crippen LogP) is 4.17. The second-order valence-electron chi connectivity index (χ2n) is 11.6. The molecule has 2 fully saturated rings. The molecule has 2 aliphatic carbocycles. The van der Waals surface area contributed by atoms with E-state index in [2.05, 4.69) is 53.5 Å².